The molecule has 0 aromatic carbocycles. The molecule has 3 rings (SSSR count). The van der Waals surface area contributed by atoms with Crippen LogP contribution < -0.4 is 5.32 Å². The minimum absolute atomic E-state index is 0.0247. The third-order valence-corrected chi connectivity index (χ3v) is 5.49. The second-order valence-corrected chi connectivity index (χ2v) is 7.04. The van der Waals surface area contributed by atoms with Crippen molar-refractivity contribution in [1.29, 1.82) is 0 Å². The Bertz CT molecular complexity index is 656. The van der Waals surface area contributed by atoms with E-state index in [0.29, 0.717) is 38.7 Å². The van der Waals surface area contributed by atoms with Gasteiger partial charge in [0, 0.05) is 64.3 Å². The van der Waals surface area contributed by atoms with Crippen LogP contribution >= 0.6 is 0 Å². The van der Waals surface area contributed by atoms with Gasteiger partial charge in [-0.1, -0.05) is 0 Å². The van der Waals surface area contributed by atoms with Crippen LogP contribution in [0.2, 0.25) is 0 Å². The summed E-state index contributed by atoms with van der Waals surface area (Å²) < 4.78 is 12.4. The fourth-order valence-electron chi connectivity index (χ4n) is 3.91. The summed E-state index contributed by atoms with van der Waals surface area (Å²) >= 11 is 0. The average Bonchev–Trinajstić information content (AvgIpc) is 3.04. The maximum absolute atomic E-state index is 12.7. The Morgan fingerprint density at radius 3 is 2.70 bits per heavy atom. The first-order valence-corrected chi connectivity index (χ1v) is 9.54. The summed E-state index contributed by atoms with van der Waals surface area (Å²) in [5.41, 5.74) is -0.257. The fraction of sp³-hybridized carbons (Fsp3) is 0.722. The number of ether oxygens (including phenoxy) is 2. The van der Waals surface area contributed by atoms with E-state index >= 15 is 0 Å². The summed E-state index contributed by atoms with van der Waals surface area (Å²) in [7, 11) is 1.53. The molecule has 0 atom stereocenters. The van der Waals surface area contributed by atoms with Crippen molar-refractivity contribution < 1.29 is 19.1 Å². The number of hydrogen-bond acceptors (Lipinski definition) is 5. The smallest absolute Gasteiger partial charge is 0.323 e. The van der Waals surface area contributed by atoms with Crippen molar-refractivity contribution >= 4 is 17.8 Å². The quantitative estimate of drug-likeness (QED) is 0.848. The van der Waals surface area contributed by atoms with Gasteiger partial charge in [0.15, 0.2) is 5.82 Å². The highest BCUT2D eigenvalue weighted by molar-refractivity contribution is 5.88. The van der Waals surface area contributed by atoms with Crippen LogP contribution in [0.5, 0.6) is 0 Å². The van der Waals surface area contributed by atoms with E-state index in [1.807, 2.05) is 18.0 Å². The van der Waals surface area contributed by atoms with Crippen molar-refractivity contribution in [2.24, 2.45) is 0 Å². The molecule has 2 saturated heterocycles. The Labute approximate surface area is 159 Å². The number of urea groups is 1. The summed E-state index contributed by atoms with van der Waals surface area (Å²) in [5, 5.41) is 7.16. The van der Waals surface area contributed by atoms with E-state index in [4.69, 9.17) is 9.47 Å². The molecule has 2 aliphatic rings. The van der Waals surface area contributed by atoms with Gasteiger partial charge in [-0.15, -0.1) is 0 Å². The molecule has 2 fully saturated rings. The molecule has 0 unspecified atom stereocenters. The number of rotatable bonds is 4. The summed E-state index contributed by atoms with van der Waals surface area (Å²) in [5.74, 6) is 0.516. The number of nitrogens with zero attached hydrogens (tertiary/aromatic N) is 4. The van der Waals surface area contributed by atoms with Gasteiger partial charge in [0.05, 0.1) is 0 Å². The average molecular weight is 379 g/mol. The van der Waals surface area contributed by atoms with Gasteiger partial charge < -0.3 is 19.3 Å². The highest BCUT2D eigenvalue weighted by atomic mass is 16.5. The normalized spacial score (nSPS) is 19.8. The number of amides is 3. The molecule has 1 aromatic heterocycles. The summed E-state index contributed by atoms with van der Waals surface area (Å²) in [4.78, 5) is 29.0. The van der Waals surface area contributed by atoms with Crippen molar-refractivity contribution in [3.63, 3.8) is 0 Å². The Hall–Kier alpha value is -2.13. The lowest BCUT2D eigenvalue weighted by Gasteiger charge is -2.45. The molecular formula is C18H29N5O4. The van der Waals surface area contributed by atoms with E-state index in [1.54, 1.807) is 15.6 Å². The Balaban J connectivity index is 1.70. The van der Waals surface area contributed by atoms with Gasteiger partial charge in [-0.25, -0.2) is 4.79 Å². The SMILES string of the molecule is CCn1ccc(NC(=O)N2CCN(C(=O)COC)C3(CCOCC3)CC2)n1. The van der Waals surface area contributed by atoms with Gasteiger partial charge in [0.25, 0.3) is 0 Å². The van der Waals surface area contributed by atoms with E-state index in [-0.39, 0.29) is 24.1 Å². The summed E-state index contributed by atoms with van der Waals surface area (Å²) in [6.45, 7) is 5.65. The molecule has 9 heteroatoms. The van der Waals surface area contributed by atoms with E-state index in [1.165, 1.54) is 7.11 Å². The van der Waals surface area contributed by atoms with Crippen molar-refractivity contribution in [3.05, 3.63) is 12.3 Å². The topological polar surface area (TPSA) is 88.9 Å². The molecular weight excluding hydrogens is 350 g/mol. The van der Waals surface area contributed by atoms with E-state index < -0.39 is 0 Å². The Morgan fingerprint density at radius 1 is 1.26 bits per heavy atom. The molecule has 0 saturated carbocycles. The molecule has 9 nitrogen and oxygen atoms in total. The molecule has 1 aromatic rings. The molecule has 150 valence electrons. The highest BCUT2D eigenvalue weighted by Gasteiger charge is 2.43. The van der Waals surface area contributed by atoms with Crippen LogP contribution in [-0.4, -0.2) is 83.6 Å². The molecule has 2 aliphatic heterocycles. The van der Waals surface area contributed by atoms with Crippen molar-refractivity contribution in [2.75, 3.05) is 51.9 Å². The lowest BCUT2D eigenvalue weighted by atomic mass is 9.84. The Kier molecular flexibility index (Phi) is 6.33. The highest BCUT2D eigenvalue weighted by Crippen LogP contribution is 2.33. The first kappa shape index (κ1) is 19.6. The molecule has 1 spiro atoms. The second-order valence-electron chi connectivity index (χ2n) is 7.04. The van der Waals surface area contributed by atoms with Crippen molar-refractivity contribution in [3.8, 4) is 0 Å². The van der Waals surface area contributed by atoms with Gasteiger partial charge in [0.1, 0.15) is 6.61 Å². The standard InChI is InChI=1S/C18H29N5O4/c1-3-22-8-4-15(20-22)19-17(25)21-9-5-18(6-12-27-13-7-18)23(11-10-21)16(24)14-26-2/h4,8H,3,5-7,9-14H2,1-2H3,(H,19,20,25). The largest absolute Gasteiger partial charge is 0.381 e. The van der Waals surface area contributed by atoms with E-state index in [0.717, 1.165) is 25.8 Å². The van der Waals surface area contributed by atoms with Crippen LogP contribution in [0.25, 0.3) is 0 Å². The number of nitrogens with one attached hydrogen (secondary N) is 1. The fourth-order valence-corrected chi connectivity index (χ4v) is 3.91. The van der Waals surface area contributed by atoms with Crippen LogP contribution in [0.1, 0.15) is 26.2 Å². The molecule has 3 heterocycles. The van der Waals surface area contributed by atoms with Gasteiger partial charge in [0.2, 0.25) is 5.91 Å². The lowest BCUT2D eigenvalue weighted by Crippen LogP contribution is -2.55. The number of methoxy groups -OCH3 is 1. The first-order chi connectivity index (χ1) is 13.1. The molecule has 1 N–H and O–H groups in total. The zero-order valence-corrected chi connectivity index (χ0v) is 16.1. The predicted molar refractivity (Wildman–Crippen MR) is 99.5 cm³/mol. The van der Waals surface area contributed by atoms with Crippen LogP contribution in [0.15, 0.2) is 12.3 Å². The van der Waals surface area contributed by atoms with Crippen LogP contribution in [0.3, 0.4) is 0 Å². The number of carbonyl (C=O) groups is 2. The molecule has 3 amide bonds. The zero-order valence-electron chi connectivity index (χ0n) is 16.1. The van der Waals surface area contributed by atoms with Gasteiger partial charge in [-0.3, -0.25) is 14.8 Å². The van der Waals surface area contributed by atoms with Gasteiger partial charge in [-0.05, 0) is 26.2 Å². The molecule has 0 aliphatic carbocycles. The lowest BCUT2D eigenvalue weighted by molar-refractivity contribution is -0.145. The minimum Gasteiger partial charge on any atom is -0.381 e. The number of carbonyl (C=O) groups excluding carboxylic acids is 2. The number of anilines is 1. The third kappa shape index (κ3) is 4.41. The molecule has 0 bridgehead atoms. The third-order valence-electron chi connectivity index (χ3n) is 5.49. The van der Waals surface area contributed by atoms with Crippen molar-refractivity contribution in [1.82, 2.24) is 19.6 Å². The van der Waals surface area contributed by atoms with Crippen LogP contribution in [0.4, 0.5) is 10.6 Å². The molecule has 27 heavy (non-hydrogen) atoms. The zero-order chi connectivity index (χ0) is 19.3. The number of hydrogen-bond donors (Lipinski definition) is 1. The van der Waals surface area contributed by atoms with Crippen molar-refractivity contribution in [2.45, 2.75) is 38.3 Å². The van der Waals surface area contributed by atoms with E-state index in [9.17, 15) is 9.59 Å². The minimum atomic E-state index is -0.257. The maximum atomic E-state index is 12.7. The van der Waals surface area contributed by atoms with Gasteiger partial charge in [-0.2, -0.15) is 5.10 Å². The molecule has 0 radical (unpaired) electrons. The predicted octanol–water partition coefficient (Wildman–Crippen LogP) is 1.16. The van der Waals surface area contributed by atoms with Crippen LogP contribution in [0, 0.1) is 0 Å². The van der Waals surface area contributed by atoms with E-state index in [2.05, 4.69) is 10.4 Å². The van der Waals surface area contributed by atoms with Crippen LogP contribution in [-0.2, 0) is 20.8 Å². The number of aromatic nitrogens is 2. The second kappa shape index (κ2) is 8.71. The Morgan fingerprint density at radius 2 is 2.04 bits per heavy atom. The maximum Gasteiger partial charge on any atom is 0.323 e. The van der Waals surface area contributed by atoms with Gasteiger partial charge >= 0.3 is 6.03 Å². The summed E-state index contributed by atoms with van der Waals surface area (Å²) in [6.07, 6.45) is 4.15. The monoisotopic (exact) mass is 379 g/mol. The summed E-state index contributed by atoms with van der Waals surface area (Å²) in [6, 6.07) is 1.60. The number of aryl methyl sites for hydroxylation is 1. The first-order valence-electron chi connectivity index (χ1n) is 9.54.